The van der Waals surface area contributed by atoms with Crippen LogP contribution < -0.4 is 0 Å². The molecule has 1 amide bonds. The van der Waals surface area contributed by atoms with Gasteiger partial charge in [-0.1, -0.05) is 12.1 Å². The molecule has 0 saturated carbocycles. The van der Waals surface area contributed by atoms with Gasteiger partial charge in [0.15, 0.2) is 0 Å². The Balaban J connectivity index is 1.44. The zero-order valence-electron chi connectivity index (χ0n) is 15.3. The van der Waals surface area contributed by atoms with E-state index in [1.165, 1.54) is 10.4 Å². The van der Waals surface area contributed by atoms with Crippen LogP contribution in [0.1, 0.15) is 47.1 Å². The molecule has 3 aromatic rings. The van der Waals surface area contributed by atoms with E-state index in [4.69, 9.17) is 4.98 Å². The summed E-state index contributed by atoms with van der Waals surface area (Å²) in [7, 11) is 0. The number of aromatic nitrogens is 3. The molecule has 1 N–H and O–H groups in total. The highest BCUT2D eigenvalue weighted by molar-refractivity contribution is 7.09. The maximum Gasteiger partial charge on any atom is 0.222 e. The molecule has 0 aliphatic carbocycles. The molecule has 1 aromatic carbocycles. The SMILES string of the molecule is Cc1ncsc1CCC(=O)N1CCC[C@@H](c2nc3c(C)cccc3[nH]2)C1. The van der Waals surface area contributed by atoms with Crippen LogP contribution in [0.25, 0.3) is 11.0 Å². The number of rotatable bonds is 4. The van der Waals surface area contributed by atoms with E-state index in [1.54, 1.807) is 11.3 Å². The summed E-state index contributed by atoms with van der Waals surface area (Å²) in [6.45, 7) is 5.72. The molecule has 0 unspecified atom stereocenters. The zero-order chi connectivity index (χ0) is 18.1. The molecule has 1 atom stereocenters. The number of imidazole rings is 1. The summed E-state index contributed by atoms with van der Waals surface area (Å²) in [4.78, 5) is 28.5. The predicted octanol–water partition coefficient (Wildman–Crippen LogP) is 3.98. The van der Waals surface area contributed by atoms with Crippen molar-refractivity contribution in [1.29, 1.82) is 0 Å². The first-order valence-corrected chi connectivity index (χ1v) is 10.1. The minimum absolute atomic E-state index is 0.245. The summed E-state index contributed by atoms with van der Waals surface area (Å²) < 4.78 is 0. The normalized spacial score (nSPS) is 17.8. The first kappa shape index (κ1) is 17.2. The minimum atomic E-state index is 0.245. The van der Waals surface area contributed by atoms with Crippen LogP contribution in [0.4, 0.5) is 0 Å². The zero-order valence-corrected chi connectivity index (χ0v) is 16.1. The van der Waals surface area contributed by atoms with Gasteiger partial charge in [0.2, 0.25) is 5.91 Å². The number of hydrogen-bond donors (Lipinski definition) is 1. The van der Waals surface area contributed by atoms with Crippen LogP contribution in [0.2, 0.25) is 0 Å². The van der Waals surface area contributed by atoms with Gasteiger partial charge in [0.05, 0.1) is 22.2 Å². The number of carbonyl (C=O) groups excluding carboxylic acids is 1. The molecule has 1 aliphatic heterocycles. The number of piperidine rings is 1. The van der Waals surface area contributed by atoms with Crippen molar-refractivity contribution in [3.8, 4) is 0 Å². The summed E-state index contributed by atoms with van der Waals surface area (Å²) in [5.41, 5.74) is 6.23. The molecule has 5 nitrogen and oxygen atoms in total. The Kier molecular flexibility index (Phi) is 4.76. The van der Waals surface area contributed by atoms with Crippen molar-refractivity contribution in [2.75, 3.05) is 13.1 Å². The quantitative estimate of drug-likeness (QED) is 0.758. The molecule has 136 valence electrons. The number of nitrogens with zero attached hydrogens (tertiary/aromatic N) is 3. The Morgan fingerprint density at radius 1 is 1.38 bits per heavy atom. The molecule has 26 heavy (non-hydrogen) atoms. The Bertz CT molecular complexity index is 929. The molecule has 6 heteroatoms. The molecular weight excluding hydrogens is 344 g/mol. The van der Waals surface area contributed by atoms with E-state index in [9.17, 15) is 4.79 Å². The van der Waals surface area contributed by atoms with E-state index in [1.807, 2.05) is 17.3 Å². The molecule has 4 rings (SSSR count). The maximum atomic E-state index is 12.7. The number of fused-ring (bicyclic) bond motifs is 1. The van der Waals surface area contributed by atoms with E-state index in [-0.39, 0.29) is 5.91 Å². The lowest BCUT2D eigenvalue weighted by atomic mass is 9.97. The molecule has 3 heterocycles. The largest absolute Gasteiger partial charge is 0.342 e. The maximum absolute atomic E-state index is 12.7. The third-order valence-electron chi connectivity index (χ3n) is 5.30. The van der Waals surface area contributed by atoms with E-state index < -0.39 is 0 Å². The monoisotopic (exact) mass is 368 g/mol. The van der Waals surface area contributed by atoms with Gasteiger partial charge in [0.1, 0.15) is 5.82 Å². The average Bonchev–Trinajstić information content (AvgIpc) is 3.27. The first-order chi connectivity index (χ1) is 12.6. The molecule has 0 spiro atoms. The number of carbonyl (C=O) groups is 1. The van der Waals surface area contributed by atoms with E-state index in [2.05, 4.69) is 35.1 Å². The summed E-state index contributed by atoms with van der Waals surface area (Å²) in [5.74, 6) is 1.56. The fraction of sp³-hybridized carbons (Fsp3) is 0.450. The van der Waals surface area contributed by atoms with Crippen LogP contribution in [0.5, 0.6) is 0 Å². The number of likely N-dealkylation sites (tertiary alicyclic amines) is 1. The van der Waals surface area contributed by atoms with Crippen molar-refractivity contribution in [2.24, 2.45) is 0 Å². The second kappa shape index (κ2) is 7.19. The van der Waals surface area contributed by atoms with Gasteiger partial charge in [0, 0.05) is 30.3 Å². The van der Waals surface area contributed by atoms with Crippen LogP contribution in [-0.2, 0) is 11.2 Å². The number of H-pyrrole nitrogens is 1. The van der Waals surface area contributed by atoms with Crippen molar-refractivity contribution in [2.45, 2.75) is 45.4 Å². The molecular formula is C20H24N4OS. The van der Waals surface area contributed by atoms with E-state index in [0.29, 0.717) is 12.3 Å². The van der Waals surface area contributed by atoms with Crippen LogP contribution >= 0.6 is 11.3 Å². The summed E-state index contributed by atoms with van der Waals surface area (Å²) in [6, 6.07) is 6.21. The third-order valence-corrected chi connectivity index (χ3v) is 6.30. The predicted molar refractivity (Wildman–Crippen MR) is 105 cm³/mol. The first-order valence-electron chi connectivity index (χ1n) is 9.24. The number of thiazole rings is 1. The van der Waals surface area contributed by atoms with Gasteiger partial charge in [-0.2, -0.15) is 0 Å². The Hall–Kier alpha value is -2.21. The van der Waals surface area contributed by atoms with Crippen molar-refractivity contribution in [1.82, 2.24) is 19.9 Å². The molecule has 0 radical (unpaired) electrons. The van der Waals surface area contributed by atoms with Crippen LogP contribution in [0, 0.1) is 13.8 Å². The molecule has 0 bridgehead atoms. The average molecular weight is 369 g/mol. The third kappa shape index (κ3) is 3.38. The van der Waals surface area contributed by atoms with Gasteiger partial charge in [0.25, 0.3) is 0 Å². The lowest BCUT2D eigenvalue weighted by molar-refractivity contribution is -0.132. The van der Waals surface area contributed by atoms with Gasteiger partial charge < -0.3 is 9.88 Å². The second-order valence-corrected chi connectivity index (χ2v) is 8.07. The van der Waals surface area contributed by atoms with Crippen molar-refractivity contribution in [3.63, 3.8) is 0 Å². The van der Waals surface area contributed by atoms with Gasteiger partial charge in [-0.25, -0.2) is 9.97 Å². The number of aromatic amines is 1. The molecule has 2 aromatic heterocycles. The number of benzene rings is 1. The highest BCUT2D eigenvalue weighted by Gasteiger charge is 2.26. The Morgan fingerprint density at radius 2 is 2.27 bits per heavy atom. The van der Waals surface area contributed by atoms with Crippen molar-refractivity contribution in [3.05, 3.63) is 45.7 Å². The Morgan fingerprint density at radius 3 is 3.04 bits per heavy atom. The molecule has 1 saturated heterocycles. The summed E-state index contributed by atoms with van der Waals surface area (Å²) in [6.07, 6.45) is 3.47. The van der Waals surface area contributed by atoms with Crippen LogP contribution in [0.15, 0.2) is 23.7 Å². The number of para-hydroxylation sites is 1. The lowest BCUT2D eigenvalue weighted by Crippen LogP contribution is -2.39. The fourth-order valence-electron chi connectivity index (χ4n) is 3.76. The summed E-state index contributed by atoms with van der Waals surface area (Å²) in [5, 5.41) is 0. The molecule has 1 aliphatic rings. The number of amides is 1. The van der Waals surface area contributed by atoms with Crippen molar-refractivity contribution >= 4 is 28.3 Å². The molecule has 1 fully saturated rings. The van der Waals surface area contributed by atoms with Gasteiger partial charge in [-0.15, -0.1) is 11.3 Å². The fourth-order valence-corrected chi connectivity index (χ4v) is 4.54. The minimum Gasteiger partial charge on any atom is -0.342 e. The van der Waals surface area contributed by atoms with Gasteiger partial charge in [-0.05, 0) is 44.7 Å². The topological polar surface area (TPSA) is 61.9 Å². The van der Waals surface area contributed by atoms with E-state index >= 15 is 0 Å². The highest BCUT2D eigenvalue weighted by Crippen LogP contribution is 2.28. The number of hydrogen-bond acceptors (Lipinski definition) is 4. The Labute approximate surface area is 157 Å². The van der Waals surface area contributed by atoms with E-state index in [0.717, 1.165) is 54.9 Å². The van der Waals surface area contributed by atoms with Gasteiger partial charge in [-0.3, -0.25) is 4.79 Å². The summed E-state index contributed by atoms with van der Waals surface area (Å²) >= 11 is 1.64. The second-order valence-electron chi connectivity index (χ2n) is 7.13. The van der Waals surface area contributed by atoms with Crippen molar-refractivity contribution < 1.29 is 4.79 Å². The van der Waals surface area contributed by atoms with Gasteiger partial charge >= 0.3 is 0 Å². The number of aryl methyl sites for hydroxylation is 3. The number of nitrogens with one attached hydrogen (secondary N) is 1. The lowest BCUT2D eigenvalue weighted by Gasteiger charge is -2.32. The smallest absolute Gasteiger partial charge is 0.222 e. The van der Waals surface area contributed by atoms with Crippen LogP contribution in [0.3, 0.4) is 0 Å². The van der Waals surface area contributed by atoms with Crippen LogP contribution in [-0.4, -0.2) is 38.8 Å². The highest BCUT2D eigenvalue weighted by atomic mass is 32.1. The standard InChI is InChI=1S/C20H24N4OS/c1-13-5-3-7-16-19(13)23-20(22-16)15-6-4-10-24(11-15)18(25)9-8-17-14(2)21-12-26-17/h3,5,7,12,15H,4,6,8-11H2,1-2H3,(H,22,23)/t15-/m1/s1.